The van der Waals surface area contributed by atoms with Crippen molar-refractivity contribution in [2.75, 3.05) is 7.11 Å². The first-order chi connectivity index (χ1) is 17.2. The Bertz CT molecular complexity index is 1160. The second-order valence-corrected chi connectivity index (χ2v) is 12.7. The highest BCUT2D eigenvalue weighted by Gasteiger charge is 2.89. The van der Waals surface area contributed by atoms with Crippen LogP contribution in [0.5, 0.6) is 0 Å². The number of Topliss-reactive ketones (excluding diaryl/α,β-unsaturated/α-hetero) is 1. The van der Waals surface area contributed by atoms with Crippen molar-refractivity contribution in [3.05, 3.63) is 11.6 Å². The zero-order valence-electron chi connectivity index (χ0n) is 22.0. The smallest absolute Gasteiger partial charge is 0.339 e. The van der Waals surface area contributed by atoms with Gasteiger partial charge in [-0.15, -0.1) is 0 Å². The van der Waals surface area contributed by atoms with Crippen molar-refractivity contribution in [2.45, 2.75) is 96.1 Å². The lowest BCUT2D eigenvalue weighted by Crippen LogP contribution is -2.72. The molecule has 3 saturated heterocycles. The number of carbonyl (C=O) groups is 4. The van der Waals surface area contributed by atoms with E-state index in [0.717, 1.165) is 0 Å². The van der Waals surface area contributed by atoms with Gasteiger partial charge < -0.3 is 28.8 Å². The number of fused-ring (bicyclic) bond motifs is 3. The van der Waals surface area contributed by atoms with E-state index in [0.29, 0.717) is 12.8 Å². The maximum absolute atomic E-state index is 14.3. The van der Waals surface area contributed by atoms with Crippen molar-refractivity contribution in [2.24, 2.45) is 28.1 Å². The minimum absolute atomic E-state index is 0.00878. The van der Waals surface area contributed by atoms with Crippen LogP contribution < -0.4 is 0 Å². The van der Waals surface area contributed by atoms with Gasteiger partial charge >= 0.3 is 17.9 Å². The molecule has 10 nitrogen and oxygen atoms in total. The normalized spacial score (nSPS) is 51.1. The van der Waals surface area contributed by atoms with Crippen molar-refractivity contribution in [1.82, 2.24) is 0 Å². The number of epoxide rings is 1. The van der Waals surface area contributed by atoms with Gasteiger partial charge in [0.05, 0.1) is 30.7 Å². The summed E-state index contributed by atoms with van der Waals surface area (Å²) in [5.41, 5.74) is -4.24. The molecule has 0 aromatic carbocycles. The summed E-state index contributed by atoms with van der Waals surface area (Å²) in [6.07, 6.45) is -1.41. The van der Waals surface area contributed by atoms with Crippen molar-refractivity contribution >= 4 is 23.7 Å². The van der Waals surface area contributed by atoms with Crippen LogP contribution in [-0.2, 0) is 42.9 Å². The second kappa shape index (κ2) is 7.21. The van der Waals surface area contributed by atoms with E-state index in [1.165, 1.54) is 13.2 Å². The van der Waals surface area contributed by atoms with E-state index < -0.39 is 64.0 Å². The Kier molecular flexibility index (Phi) is 4.87. The lowest BCUT2D eigenvalue weighted by Gasteiger charge is -2.64. The summed E-state index contributed by atoms with van der Waals surface area (Å²) < 4.78 is 28.5. The quantitative estimate of drug-likeness (QED) is 0.333. The van der Waals surface area contributed by atoms with E-state index in [1.807, 2.05) is 27.7 Å². The fourth-order valence-electron chi connectivity index (χ4n) is 9.37. The van der Waals surface area contributed by atoms with Crippen LogP contribution in [0.15, 0.2) is 11.6 Å². The van der Waals surface area contributed by atoms with Crippen LogP contribution in [0, 0.1) is 28.1 Å². The van der Waals surface area contributed by atoms with Crippen molar-refractivity contribution in [3.63, 3.8) is 0 Å². The van der Waals surface area contributed by atoms with Gasteiger partial charge in [-0.2, -0.15) is 0 Å². The third kappa shape index (κ3) is 2.71. The third-order valence-corrected chi connectivity index (χ3v) is 11.0. The van der Waals surface area contributed by atoms with Crippen LogP contribution in [0.2, 0.25) is 0 Å². The Morgan fingerprint density at radius 2 is 1.76 bits per heavy atom. The maximum atomic E-state index is 14.3. The SMILES string of the molecule is COC(=O)C[C@@H]1OC(C)(C)[C@H]2CC(=O)[C@]3(C)[C@@H](CC[C@@]4(C)[C@@H](C5=CC(=O)O[C@H]5O)OC(=O)[C@H]5O[C@]543)[C@@]12C. The van der Waals surface area contributed by atoms with Crippen molar-refractivity contribution < 1.29 is 48.0 Å². The molecule has 4 aliphatic heterocycles. The summed E-state index contributed by atoms with van der Waals surface area (Å²) in [6.45, 7) is 9.81. The van der Waals surface area contributed by atoms with Crippen molar-refractivity contribution in [1.29, 1.82) is 0 Å². The summed E-state index contributed by atoms with van der Waals surface area (Å²) in [6, 6.07) is 0. The van der Waals surface area contributed by atoms with Crippen LogP contribution in [0.25, 0.3) is 0 Å². The lowest BCUT2D eigenvalue weighted by molar-refractivity contribution is -0.208. The van der Waals surface area contributed by atoms with Crippen LogP contribution in [-0.4, -0.2) is 71.7 Å². The second-order valence-electron chi connectivity index (χ2n) is 12.7. The van der Waals surface area contributed by atoms with E-state index in [-0.39, 0.29) is 42.0 Å². The molecule has 0 unspecified atom stereocenters. The molecule has 5 fully saturated rings. The van der Waals surface area contributed by atoms with Gasteiger partial charge in [-0.05, 0) is 39.5 Å². The fourth-order valence-corrected chi connectivity index (χ4v) is 9.37. The van der Waals surface area contributed by atoms with Crippen LogP contribution in [0.1, 0.15) is 60.3 Å². The number of cyclic esters (lactones) is 2. The standard InChI is InChI=1S/C27H34O10/c1-23(2)14-10-15(28)26(5)13(25(14,4)16(36-23)11-17(29)33-6)7-8-24(3)19(12-9-18(30)34-21(12)31)35-22(32)20-27(24,26)37-20/h9,13-14,16,19-21,31H,7-8,10-11H2,1-6H3/t13-,14+,16-,19+,20+,21+,24-,25+,26-,27+/m0/s1. The molecule has 0 aromatic rings. The van der Waals surface area contributed by atoms with Crippen molar-refractivity contribution in [3.8, 4) is 0 Å². The van der Waals surface area contributed by atoms with Crippen LogP contribution in [0.4, 0.5) is 0 Å². The van der Waals surface area contributed by atoms with Gasteiger partial charge in [0.15, 0.2) is 6.10 Å². The molecule has 1 N–H and O–H groups in total. The Labute approximate surface area is 215 Å². The lowest BCUT2D eigenvalue weighted by atomic mass is 9.37. The zero-order chi connectivity index (χ0) is 26.9. The number of esters is 3. The molecule has 10 heteroatoms. The largest absolute Gasteiger partial charge is 0.469 e. The number of rotatable bonds is 3. The van der Waals surface area contributed by atoms with Gasteiger partial charge in [-0.3, -0.25) is 9.59 Å². The highest BCUT2D eigenvalue weighted by Crippen LogP contribution is 2.78. The number of hydrogen-bond acceptors (Lipinski definition) is 10. The number of aliphatic hydroxyl groups excluding tert-OH is 1. The molecule has 10 atom stereocenters. The number of ether oxygens (including phenoxy) is 5. The summed E-state index contributed by atoms with van der Waals surface area (Å²) >= 11 is 0. The van der Waals surface area contributed by atoms with Gasteiger partial charge in [0.1, 0.15) is 17.5 Å². The number of aliphatic hydroxyl groups is 1. The molecule has 2 aliphatic carbocycles. The molecule has 2 saturated carbocycles. The minimum atomic E-state index is -1.53. The number of carbonyl (C=O) groups excluding carboxylic acids is 4. The molecule has 37 heavy (non-hydrogen) atoms. The topological polar surface area (TPSA) is 138 Å². The molecule has 0 amide bonds. The molecular formula is C27H34O10. The van der Waals surface area contributed by atoms with Crippen LogP contribution >= 0.6 is 0 Å². The first-order valence-corrected chi connectivity index (χ1v) is 12.9. The summed E-state index contributed by atoms with van der Waals surface area (Å²) in [4.78, 5) is 51.8. The first kappa shape index (κ1) is 25.0. The molecule has 202 valence electrons. The fraction of sp³-hybridized carbons (Fsp3) is 0.778. The summed E-state index contributed by atoms with van der Waals surface area (Å²) in [5.74, 6) is -2.12. The van der Waals surface area contributed by atoms with E-state index in [4.69, 9.17) is 23.7 Å². The average Bonchev–Trinajstić information content (AvgIpc) is 3.47. The predicted molar refractivity (Wildman–Crippen MR) is 123 cm³/mol. The van der Waals surface area contributed by atoms with E-state index in [9.17, 15) is 24.3 Å². The average molecular weight is 519 g/mol. The molecular weight excluding hydrogens is 484 g/mol. The number of ketones is 1. The minimum Gasteiger partial charge on any atom is -0.469 e. The van der Waals surface area contributed by atoms with Crippen LogP contribution in [0.3, 0.4) is 0 Å². The zero-order valence-corrected chi connectivity index (χ0v) is 22.0. The van der Waals surface area contributed by atoms with Gasteiger partial charge in [0.25, 0.3) is 0 Å². The molecule has 0 aromatic heterocycles. The molecule has 6 rings (SSSR count). The molecule has 1 spiro atoms. The molecule has 0 radical (unpaired) electrons. The highest BCUT2D eigenvalue weighted by molar-refractivity contribution is 5.94. The molecule has 6 aliphatic rings. The van der Waals surface area contributed by atoms with Gasteiger partial charge in [-0.1, -0.05) is 13.8 Å². The van der Waals surface area contributed by atoms with E-state index >= 15 is 0 Å². The van der Waals surface area contributed by atoms with Gasteiger partial charge in [0, 0.05) is 34.8 Å². The number of methoxy groups -OCH3 is 1. The Balaban J connectivity index is 1.48. The van der Waals surface area contributed by atoms with E-state index in [1.54, 1.807) is 0 Å². The summed E-state index contributed by atoms with van der Waals surface area (Å²) in [5, 5.41) is 10.4. The van der Waals surface area contributed by atoms with Gasteiger partial charge in [0.2, 0.25) is 6.29 Å². The Morgan fingerprint density at radius 3 is 2.38 bits per heavy atom. The van der Waals surface area contributed by atoms with E-state index in [2.05, 4.69) is 6.92 Å². The Hall–Kier alpha value is -2.30. The summed E-state index contributed by atoms with van der Waals surface area (Å²) in [7, 11) is 1.35. The predicted octanol–water partition coefficient (Wildman–Crippen LogP) is 1.61. The Morgan fingerprint density at radius 1 is 1.05 bits per heavy atom. The number of hydrogen-bond donors (Lipinski definition) is 1. The highest BCUT2D eigenvalue weighted by atomic mass is 16.7. The van der Waals surface area contributed by atoms with Gasteiger partial charge in [-0.25, -0.2) is 9.59 Å². The first-order valence-electron chi connectivity index (χ1n) is 12.9. The monoisotopic (exact) mass is 518 g/mol. The maximum Gasteiger partial charge on any atom is 0.339 e. The molecule has 4 heterocycles. The third-order valence-electron chi connectivity index (χ3n) is 11.0. The molecule has 0 bridgehead atoms.